The van der Waals surface area contributed by atoms with E-state index >= 15 is 0 Å². The second-order valence-corrected chi connectivity index (χ2v) is 5.31. The Kier molecular flexibility index (Phi) is 3.55. The summed E-state index contributed by atoms with van der Waals surface area (Å²) in [5.74, 6) is -3.22. The number of rotatable bonds is 2. The van der Waals surface area contributed by atoms with Crippen LogP contribution in [-0.2, 0) is 0 Å². The maximum Gasteiger partial charge on any atom is 0.161 e. The van der Waals surface area contributed by atoms with Gasteiger partial charge in [0.2, 0.25) is 0 Å². The van der Waals surface area contributed by atoms with Gasteiger partial charge >= 0.3 is 0 Å². The molecule has 3 aromatic rings. The first-order valence-corrected chi connectivity index (χ1v) is 6.79. The van der Waals surface area contributed by atoms with E-state index in [0.29, 0.717) is 6.07 Å². The van der Waals surface area contributed by atoms with Crippen molar-refractivity contribution >= 4 is 15.9 Å². The van der Waals surface area contributed by atoms with Gasteiger partial charge in [-0.25, -0.2) is 17.9 Å². The molecule has 6 heteroatoms. The normalized spacial score (nSPS) is 10.9. The van der Waals surface area contributed by atoms with E-state index in [9.17, 15) is 13.2 Å². The molecule has 0 saturated heterocycles. The quantitative estimate of drug-likeness (QED) is 0.610. The molecule has 106 valence electrons. The Morgan fingerprint density at radius 2 is 1.52 bits per heavy atom. The fraction of sp³-hybridized carbons (Fsp3) is 0. The summed E-state index contributed by atoms with van der Waals surface area (Å²) in [6.45, 7) is 0. The van der Waals surface area contributed by atoms with Crippen LogP contribution < -0.4 is 0 Å². The van der Waals surface area contributed by atoms with Gasteiger partial charge in [-0.15, -0.1) is 0 Å². The van der Waals surface area contributed by atoms with E-state index in [0.717, 1.165) is 21.7 Å². The van der Waals surface area contributed by atoms with Gasteiger partial charge in [0.25, 0.3) is 0 Å². The molecular weight excluding hydrogens is 345 g/mol. The minimum Gasteiger partial charge on any atom is -0.237 e. The van der Waals surface area contributed by atoms with Crippen LogP contribution in [0, 0.1) is 17.5 Å². The zero-order chi connectivity index (χ0) is 15.0. The maximum absolute atomic E-state index is 13.7. The summed E-state index contributed by atoms with van der Waals surface area (Å²) >= 11 is 3.34. The van der Waals surface area contributed by atoms with Crippen LogP contribution in [0.3, 0.4) is 0 Å². The van der Waals surface area contributed by atoms with Gasteiger partial charge in [-0.1, -0.05) is 28.1 Å². The summed E-state index contributed by atoms with van der Waals surface area (Å²) in [5.41, 5.74) is 1.48. The highest BCUT2D eigenvalue weighted by Gasteiger charge is 2.12. The summed E-state index contributed by atoms with van der Waals surface area (Å²) in [7, 11) is 0. The van der Waals surface area contributed by atoms with E-state index in [4.69, 9.17) is 0 Å². The van der Waals surface area contributed by atoms with E-state index in [2.05, 4.69) is 21.0 Å². The molecular formula is C15H8BrF3N2. The van der Waals surface area contributed by atoms with E-state index in [-0.39, 0.29) is 5.69 Å². The molecule has 0 aliphatic rings. The van der Waals surface area contributed by atoms with Gasteiger partial charge in [-0.05, 0) is 17.7 Å². The number of nitrogens with zero attached hydrogens (tertiary/aromatic N) is 2. The summed E-state index contributed by atoms with van der Waals surface area (Å²) < 4.78 is 42.0. The molecule has 0 amide bonds. The molecule has 0 radical (unpaired) electrons. The van der Waals surface area contributed by atoms with E-state index in [1.54, 1.807) is 6.20 Å². The molecule has 0 spiro atoms. The third kappa shape index (κ3) is 2.71. The molecule has 0 N–H and O–H groups in total. The fourth-order valence-corrected chi connectivity index (χ4v) is 2.20. The number of hydrogen-bond donors (Lipinski definition) is 0. The topological polar surface area (TPSA) is 17.8 Å². The van der Waals surface area contributed by atoms with Crippen molar-refractivity contribution in [3.8, 4) is 16.8 Å². The Labute approximate surface area is 127 Å². The minimum atomic E-state index is -1.23. The highest BCUT2D eigenvalue weighted by molar-refractivity contribution is 9.10. The van der Waals surface area contributed by atoms with Crippen LogP contribution in [0.2, 0.25) is 0 Å². The van der Waals surface area contributed by atoms with Crippen LogP contribution >= 0.6 is 15.9 Å². The predicted octanol–water partition coefficient (Wildman–Crippen LogP) is 4.72. The highest BCUT2D eigenvalue weighted by atomic mass is 79.9. The predicted molar refractivity (Wildman–Crippen MR) is 76.6 cm³/mol. The lowest BCUT2D eigenvalue weighted by molar-refractivity contribution is 0.491. The van der Waals surface area contributed by atoms with E-state index in [1.165, 1.54) is 10.9 Å². The monoisotopic (exact) mass is 352 g/mol. The third-order valence-electron chi connectivity index (χ3n) is 3.00. The van der Waals surface area contributed by atoms with E-state index in [1.807, 2.05) is 24.3 Å². The van der Waals surface area contributed by atoms with Crippen molar-refractivity contribution in [2.75, 3.05) is 0 Å². The lowest BCUT2D eigenvalue weighted by Gasteiger charge is -2.04. The van der Waals surface area contributed by atoms with Crippen LogP contribution in [-0.4, -0.2) is 9.78 Å². The van der Waals surface area contributed by atoms with Crippen molar-refractivity contribution in [2.24, 2.45) is 0 Å². The molecule has 0 unspecified atom stereocenters. The Hall–Kier alpha value is -2.08. The zero-order valence-electron chi connectivity index (χ0n) is 10.5. The van der Waals surface area contributed by atoms with Crippen molar-refractivity contribution in [1.29, 1.82) is 0 Å². The minimum absolute atomic E-state index is 0.141. The number of benzene rings is 2. The average molecular weight is 353 g/mol. The molecule has 2 aromatic carbocycles. The molecule has 0 atom stereocenters. The molecule has 21 heavy (non-hydrogen) atoms. The van der Waals surface area contributed by atoms with Crippen LogP contribution in [0.1, 0.15) is 0 Å². The number of halogens is 4. The van der Waals surface area contributed by atoms with Gasteiger partial charge in [0.05, 0.1) is 6.20 Å². The van der Waals surface area contributed by atoms with Crippen molar-refractivity contribution in [1.82, 2.24) is 9.78 Å². The Bertz CT molecular complexity index is 797. The summed E-state index contributed by atoms with van der Waals surface area (Å²) in [4.78, 5) is 0. The van der Waals surface area contributed by atoms with Gasteiger partial charge in [-0.3, -0.25) is 0 Å². The van der Waals surface area contributed by atoms with Crippen molar-refractivity contribution in [2.45, 2.75) is 0 Å². The van der Waals surface area contributed by atoms with Gasteiger partial charge in [0.15, 0.2) is 17.5 Å². The van der Waals surface area contributed by atoms with Gasteiger partial charge in [0, 0.05) is 28.4 Å². The third-order valence-corrected chi connectivity index (χ3v) is 3.53. The van der Waals surface area contributed by atoms with Crippen LogP contribution in [0.25, 0.3) is 16.8 Å². The smallest absolute Gasteiger partial charge is 0.161 e. The van der Waals surface area contributed by atoms with E-state index < -0.39 is 17.5 Å². The second-order valence-electron chi connectivity index (χ2n) is 4.40. The fourth-order valence-electron chi connectivity index (χ4n) is 1.93. The van der Waals surface area contributed by atoms with Gasteiger partial charge in [-0.2, -0.15) is 5.10 Å². The van der Waals surface area contributed by atoms with Gasteiger partial charge in [0.1, 0.15) is 5.69 Å². The van der Waals surface area contributed by atoms with Crippen LogP contribution in [0.5, 0.6) is 0 Å². The van der Waals surface area contributed by atoms with Crippen molar-refractivity contribution in [3.05, 3.63) is 70.7 Å². The summed E-state index contributed by atoms with van der Waals surface area (Å²) in [5, 5.41) is 3.99. The standard InChI is InChI=1S/C15H8BrF3N2/c16-11-3-1-9(2-4-11)10-7-20-21(8-10)15-6-13(18)12(17)5-14(15)19/h1-8H. The molecule has 0 aliphatic heterocycles. The van der Waals surface area contributed by atoms with Crippen LogP contribution in [0.4, 0.5) is 13.2 Å². The van der Waals surface area contributed by atoms with Crippen molar-refractivity contribution in [3.63, 3.8) is 0 Å². The Morgan fingerprint density at radius 3 is 2.24 bits per heavy atom. The number of hydrogen-bond acceptors (Lipinski definition) is 1. The zero-order valence-corrected chi connectivity index (χ0v) is 12.1. The highest BCUT2D eigenvalue weighted by Crippen LogP contribution is 2.24. The Morgan fingerprint density at radius 1 is 0.857 bits per heavy atom. The Balaban J connectivity index is 2.02. The molecule has 0 aliphatic carbocycles. The second kappa shape index (κ2) is 5.37. The molecule has 0 fully saturated rings. The average Bonchev–Trinajstić information content (AvgIpc) is 2.93. The van der Waals surface area contributed by atoms with Gasteiger partial charge < -0.3 is 0 Å². The first-order chi connectivity index (χ1) is 10.0. The molecule has 1 aromatic heterocycles. The lowest BCUT2D eigenvalue weighted by atomic mass is 10.1. The van der Waals surface area contributed by atoms with Crippen molar-refractivity contribution < 1.29 is 13.2 Å². The lowest BCUT2D eigenvalue weighted by Crippen LogP contribution is -2.00. The summed E-state index contributed by atoms with van der Waals surface area (Å²) in [6.07, 6.45) is 3.09. The molecule has 1 heterocycles. The first kappa shape index (κ1) is 13.9. The molecule has 3 rings (SSSR count). The molecule has 2 nitrogen and oxygen atoms in total. The molecule has 0 bridgehead atoms. The SMILES string of the molecule is Fc1cc(F)c(-n2cc(-c3ccc(Br)cc3)cn2)cc1F. The largest absolute Gasteiger partial charge is 0.237 e. The number of aromatic nitrogens is 2. The first-order valence-electron chi connectivity index (χ1n) is 6.00. The van der Waals surface area contributed by atoms with Crippen LogP contribution in [0.15, 0.2) is 53.3 Å². The summed E-state index contributed by atoms with van der Waals surface area (Å²) in [6, 6.07) is 8.75. The maximum atomic E-state index is 13.7. The molecule has 0 saturated carbocycles.